The zero-order valence-electron chi connectivity index (χ0n) is 24.3. The molecule has 5 unspecified atom stereocenters. The number of carbonyl (C=O) groups is 1. The van der Waals surface area contributed by atoms with E-state index in [2.05, 4.69) is 38.1 Å². The second-order valence-electron chi connectivity index (χ2n) is 14.1. The maximum absolute atomic E-state index is 12.1. The van der Waals surface area contributed by atoms with Gasteiger partial charge in [-0.1, -0.05) is 63.7 Å². The minimum Gasteiger partial charge on any atom is -0.494 e. The summed E-state index contributed by atoms with van der Waals surface area (Å²) < 4.78 is 6.57. The summed E-state index contributed by atoms with van der Waals surface area (Å²) >= 11 is 0. The van der Waals surface area contributed by atoms with Gasteiger partial charge in [-0.25, -0.2) is 0 Å². The van der Waals surface area contributed by atoms with Crippen LogP contribution >= 0.6 is 0 Å². The summed E-state index contributed by atoms with van der Waals surface area (Å²) in [7, 11) is 0. The lowest BCUT2D eigenvalue weighted by atomic mass is 9.50. The molecule has 2 nitrogen and oxygen atoms in total. The van der Waals surface area contributed by atoms with Crippen LogP contribution in [-0.4, -0.2) is 12.4 Å². The van der Waals surface area contributed by atoms with E-state index in [-0.39, 0.29) is 0 Å². The lowest BCUT2D eigenvalue weighted by Crippen LogP contribution is -2.47. The van der Waals surface area contributed by atoms with Crippen molar-refractivity contribution in [3.63, 3.8) is 0 Å². The van der Waals surface area contributed by atoms with Gasteiger partial charge in [0, 0.05) is 6.42 Å². The Hall–Kier alpha value is -1.57. The molecule has 1 aromatic rings. The molecule has 208 valence electrons. The van der Waals surface area contributed by atoms with Gasteiger partial charge in [0.2, 0.25) is 0 Å². The molecule has 0 bridgehead atoms. The third-order valence-corrected chi connectivity index (χ3v) is 12.4. The Kier molecular flexibility index (Phi) is 8.06. The molecule has 7 atom stereocenters. The second-order valence-corrected chi connectivity index (χ2v) is 14.1. The number of benzene rings is 1. The zero-order chi connectivity index (χ0) is 26.1. The van der Waals surface area contributed by atoms with Crippen LogP contribution in [0.25, 0.3) is 0 Å². The minimum absolute atomic E-state index is 0.384. The van der Waals surface area contributed by atoms with Crippen molar-refractivity contribution in [1.82, 2.24) is 0 Å². The van der Waals surface area contributed by atoms with E-state index in [0.717, 1.165) is 54.8 Å². The van der Waals surface area contributed by atoms with Crippen molar-refractivity contribution in [3.05, 3.63) is 41.5 Å². The van der Waals surface area contributed by atoms with E-state index in [1.807, 2.05) is 6.08 Å². The molecular weight excluding hydrogens is 464 g/mol. The molecule has 4 saturated carbocycles. The Morgan fingerprint density at radius 1 is 0.974 bits per heavy atom. The minimum atomic E-state index is 0.384. The van der Waals surface area contributed by atoms with Crippen molar-refractivity contribution >= 4 is 5.78 Å². The SMILES string of the molecule is CCC(CC1CCCCC1)c1cccc(OCC[C@]23CCC4C5CCC(=O)C=C5CCC4C2CC[C@@H]3C)c1. The van der Waals surface area contributed by atoms with Crippen LogP contribution in [0.2, 0.25) is 0 Å². The first kappa shape index (κ1) is 26.6. The van der Waals surface area contributed by atoms with Crippen LogP contribution in [-0.2, 0) is 4.79 Å². The Morgan fingerprint density at radius 3 is 2.68 bits per heavy atom. The van der Waals surface area contributed by atoms with Crippen molar-refractivity contribution in [3.8, 4) is 5.75 Å². The summed E-state index contributed by atoms with van der Waals surface area (Å²) in [4.78, 5) is 12.1. The number of ether oxygens (including phenoxy) is 1. The smallest absolute Gasteiger partial charge is 0.155 e. The quantitative estimate of drug-likeness (QED) is 0.344. The van der Waals surface area contributed by atoms with E-state index in [1.165, 1.54) is 101 Å². The van der Waals surface area contributed by atoms with Gasteiger partial charge in [0.15, 0.2) is 5.78 Å². The molecular formula is C36H52O2. The monoisotopic (exact) mass is 516 g/mol. The average Bonchev–Trinajstić information content (AvgIpc) is 3.28. The highest BCUT2D eigenvalue weighted by molar-refractivity contribution is 5.91. The lowest BCUT2D eigenvalue weighted by molar-refractivity contribution is -0.116. The molecule has 5 aliphatic rings. The number of rotatable bonds is 8. The number of carbonyl (C=O) groups excluding carboxylic acids is 1. The Labute approximate surface area is 232 Å². The number of allylic oxidation sites excluding steroid dienone is 1. The van der Waals surface area contributed by atoms with Gasteiger partial charge in [-0.15, -0.1) is 0 Å². The van der Waals surface area contributed by atoms with E-state index in [4.69, 9.17) is 4.74 Å². The number of hydrogen-bond donors (Lipinski definition) is 0. The van der Waals surface area contributed by atoms with E-state index < -0.39 is 0 Å². The third kappa shape index (κ3) is 5.15. The molecule has 1 aromatic carbocycles. The normalized spacial score (nSPS) is 36.1. The number of ketones is 1. The summed E-state index contributed by atoms with van der Waals surface area (Å²) in [6, 6.07) is 9.16. The van der Waals surface area contributed by atoms with Crippen LogP contribution < -0.4 is 4.74 Å². The highest BCUT2D eigenvalue weighted by atomic mass is 16.5. The largest absolute Gasteiger partial charge is 0.494 e. The average molecular weight is 517 g/mol. The van der Waals surface area contributed by atoms with Gasteiger partial charge in [-0.2, -0.15) is 0 Å². The standard InChI is InChI=1S/C36H52O2/c1-3-27(22-26-8-5-4-6-9-26)28-10-7-11-31(24-28)38-21-20-36-19-18-33-32-16-14-30(37)23-29(32)13-15-34(33)35(36)17-12-25(36)2/h7,10-11,23-27,32-35H,3-6,8-9,12-22H2,1-2H3/t25-,27?,32?,33?,34?,35?,36-/m0/s1. The van der Waals surface area contributed by atoms with Crippen LogP contribution in [0.5, 0.6) is 5.75 Å². The topological polar surface area (TPSA) is 26.3 Å². The van der Waals surface area contributed by atoms with Crippen molar-refractivity contribution in [2.24, 2.45) is 40.9 Å². The van der Waals surface area contributed by atoms with Gasteiger partial charge in [0.1, 0.15) is 5.75 Å². The first-order valence-corrected chi connectivity index (χ1v) is 16.5. The van der Waals surface area contributed by atoms with E-state index in [9.17, 15) is 4.79 Å². The zero-order valence-corrected chi connectivity index (χ0v) is 24.3. The highest BCUT2D eigenvalue weighted by Gasteiger charge is 2.56. The first-order valence-electron chi connectivity index (χ1n) is 16.5. The summed E-state index contributed by atoms with van der Waals surface area (Å²) in [6.07, 6.45) is 23.0. The van der Waals surface area contributed by atoms with Crippen LogP contribution in [0, 0.1) is 40.9 Å². The molecule has 0 saturated heterocycles. The molecule has 5 aliphatic carbocycles. The fourth-order valence-electron chi connectivity index (χ4n) is 10.4. The highest BCUT2D eigenvalue weighted by Crippen LogP contribution is 2.65. The molecule has 0 aliphatic heterocycles. The van der Waals surface area contributed by atoms with Gasteiger partial charge in [0.05, 0.1) is 6.61 Å². The molecule has 6 rings (SSSR count). The van der Waals surface area contributed by atoms with Gasteiger partial charge in [-0.05, 0) is 135 Å². The third-order valence-electron chi connectivity index (χ3n) is 12.4. The second kappa shape index (κ2) is 11.5. The molecule has 2 heteroatoms. The van der Waals surface area contributed by atoms with Crippen molar-refractivity contribution < 1.29 is 9.53 Å². The number of hydrogen-bond acceptors (Lipinski definition) is 2. The molecule has 38 heavy (non-hydrogen) atoms. The van der Waals surface area contributed by atoms with Crippen molar-refractivity contribution in [2.45, 2.75) is 122 Å². The Bertz CT molecular complexity index is 1000. The van der Waals surface area contributed by atoms with Gasteiger partial charge < -0.3 is 4.74 Å². The van der Waals surface area contributed by atoms with Crippen LogP contribution in [0.4, 0.5) is 0 Å². The van der Waals surface area contributed by atoms with Crippen LogP contribution in [0.15, 0.2) is 35.9 Å². The van der Waals surface area contributed by atoms with Crippen LogP contribution in [0.1, 0.15) is 128 Å². The molecule has 0 heterocycles. The van der Waals surface area contributed by atoms with Gasteiger partial charge in [0.25, 0.3) is 0 Å². The van der Waals surface area contributed by atoms with E-state index >= 15 is 0 Å². The fraction of sp³-hybridized carbons (Fsp3) is 0.750. The molecule has 0 spiro atoms. The van der Waals surface area contributed by atoms with Gasteiger partial charge >= 0.3 is 0 Å². The molecule has 4 fully saturated rings. The molecule has 0 amide bonds. The summed E-state index contributed by atoms with van der Waals surface area (Å²) in [5.41, 5.74) is 3.48. The predicted octanol–water partition coefficient (Wildman–Crippen LogP) is 9.68. The fourth-order valence-corrected chi connectivity index (χ4v) is 10.4. The lowest BCUT2D eigenvalue weighted by Gasteiger charge is -2.55. The first-order chi connectivity index (χ1) is 18.6. The van der Waals surface area contributed by atoms with Crippen LogP contribution in [0.3, 0.4) is 0 Å². The van der Waals surface area contributed by atoms with E-state index in [1.54, 1.807) is 0 Å². The predicted molar refractivity (Wildman–Crippen MR) is 156 cm³/mol. The maximum atomic E-state index is 12.1. The van der Waals surface area contributed by atoms with Crippen molar-refractivity contribution in [1.29, 1.82) is 0 Å². The Morgan fingerprint density at radius 2 is 1.84 bits per heavy atom. The summed E-state index contributed by atoms with van der Waals surface area (Å²) in [5, 5.41) is 0. The summed E-state index contributed by atoms with van der Waals surface area (Å²) in [5.74, 6) is 7.17. The Balaban J connectivity index is 1.10. The molecule has 0 aromatic heterocycles. The summed E-state index contributed by atoms with van der Waals surface area (Å²) in [6.45, 7) is 5.78. The maximum Gasteiger partial charge on any atom is 0.155 e. The number of fused-ring (bicyclic) bond motifs is 5. The van der Waals surface area contributed by atoms with Gasteiger partial charge in [-0.3, -0.25) is 4.79 Å². The molecule has 0 radical (unpaired) electrons. The van der Waals surface area contributed by atoms with Crippen molar-refractivity contribution in [2.75, 3.05) is 6.61 Å². The van der Waals surface area contributed by atoms with E-state index in [0.29, 0.717) is 23.0 Å². The molecule has 0 N–H and O–H groups in total.